The normalized spacial score (nSPS) is 12.4. The molecule has 3 aromatic carbocycles. The van der Waals surface area contributed by atoms with Crippen LogP contribution < -0.4 is 11.8 Å². The number of rotatable bonds is 4. The van der Waals surface area contributed by atoms with E-state index < -0.39 is 18.1 Å². The monoisotopic (exact) mass is 457 g/mol. The van der Waals surface area contributed by atoms with E-state index in [2.05, 4.69) is 9.98 Å². The van der Waals surface area contributed by atoms with E-state index in [0.29, 0.717) is 24.7 Å². The number of para-hydroxylation sites is 3. The van der Waals surface area contributed by atoms with Crippen LogP contribution in [0.25, 0.3) is 0 Å². The molecular formula is C23H20GaN2O4. The number of hydrogen-bond donors (Lipinski definition) is 0. The van der Waals surface area contributed by atoms with E-state index in [4.69, 9.17) is 16.5 Å². The number of nitrogens with zero attached hydrogens (tertiary/aromatic N) is 2. The second kappa shape index (κ2) is 10.2. The molecule has 149 valence electrons. The minimum absolute atomic E-state index is 0.469. The third-order valence-electron chi connectivity index (χ3n) is 4.38. The van der Waals surface area contributed by atoms with Crippen LogP contribution in [0, 0.1) is 0 Å². The molecule has 0 bridgehead atoms. The van der Waals surface area contributed by atoms with E-state index in [1.807, 2.05) is 66.7 Å². The molecule has 0 saturated carbocycles. The summed E-state index contributed by atoms with van der Waals surface area (Å²) in [6, 6.07) is 21.2. The van der Waals surface area contributed by atoms with Crippen molar-refractivity contribution in [1.82, 2.24) is 0 Å². The van der Waals surface area contributed by atoms with Crippen LogP contribution in [-0.4, -0.2) is 50.9 Å². The number of hydrogen-bond acceptors (Lipinski definition) is 6. The van der Waals surface area contributed by atoms with Gasteiger partial charge in [-0.25, -0.2) is 0 Å². The number of benzene rings is 3. The molecule has 4 rings (SSSR count). The van der Waals surface area contributed by atoms with Crippen LogP contribution in [0.5, 0.6) is 17.2 Å². The molecule has 0 saturated heterocycles. The number of methoxy groups -OCH3 is 1. The molecule has 3 aromatic rings. The van der Waals surface area contributed by atoms with Crippen LogP contribution in [0.3, 0.4) is 0 Å². The van der Waals surface area contributed by atoms with Crippen LogP contribution >= 0.6 is 0 Å². The summed E-state index contributed by atoms with van der Waals surface area (Å²) < 4.78 is 22.9. The molecular weight excluding hydrogens is 438 g/mol. The van der Waals surface area contributed by atoms with Gasteiger partial charge in [-0.1, -0.05) is 0 Å². The van der Waals surface area contributed by atoms with Crippen molar-refractivity contribution in [3.8, 4) is 17.2 Å². The van der Waals surface area contributed by atoms with Crippen molar-refractivity contribution in [2.45, 2.75) is 0 Å². The second-order valence-corrected chi connectivity index (χ2v) is 7.81. The summed E-state index contributed by atoms with van der Waals surface area (Å²) in [5.74, 6) is 2.15. The molecule has 0 unspecified atom stereocenters. The van der Waals surface area contributed by atoms with E-state index in [-0.39, 0.29) is 0 Å². The molecule has 0 fully saturated rings. The van der Waals surface area contributed by atoms with Gasteiger partial charge in [0, 0.05) is 0 Å². The van der Waals surface area contributed by atoms with Crippen molar-refractivity contribution in [3.63, 3.8) is 0 Å². The van der Waals surface area contributed by atoms with Gasteiger partial charge < -0.3 is 0 Å². The predicted octanol–water partition coefficient (Wildman–Crippen LogP) is 4.52. The summed E-state index contributed by atoms with van der Waals surface area (Å²) in [4.78, 5) is 9.28. The SMILES string of the molecule is COCCOc1ccc2c(c1)[O][Ga][O]c1ccccc1C=Nc1ccccc1N=C2. The summed E-state index contributed by atoms with van der Waals surface area (Å²) in [5, 5.41) is 0. The Morgan fingerprint density at radius 1 is 0.767 bits per heavy atom. The fourth-order valence-corrected chi connectivity index (χ4v) is 4.25. The van der Waals surface area contributed by atoms with Gasteiger partial charge in [0.2, 0.25) is 0 Å². The van der Waals surface area contributed by atoms with Crippen molar-refractivity contribution >= 4 is 41.9 Å². The summed E-state index contributed by atoms with van der Waals surface area (Å²) >= 11 is -1.52. The van der Waals surface area contributed by atoms with Crippen LogP contribution in [0.15, 0.2) is 76.7 Å². The number of aliphatic imine (C=N–C) groups is 2. The van der Waals surface area contributed by atoms with Crippen molar-refractivity contribution in [2.24, 2.45) is 9.98 Å². The molecule has 30 heavy (non-hydrogen) atoms. The average Bonchev–Trinajstić information content (AvgIpc) is 2.79. The first-order chi connectivity index (χ1) is 14.8. The summed E-state index contributed by atoms with van der Waals surface area (Å²) in [6.45, 7) is 0.989. The van der Waals surface area contributed by atoms with E-state index in [9.17, 15) is 0 Å². The summed E-state index contributed by atoms with van der Waals surface area (Å²) in [7, 11) is 1.65. The first-order valence-electron chi connectivity index (χ1n) is 9.50. The summed E-state index contributed by atoms with van der Waals surface area (Å²) in [5.41, 5.74) is 3.30. The van der Waals surface area contributed by atoms with Gasteiger partial charge in [0.1, 0.15) is 0 Å². The molecule has 0 N–H and O–H groups in total. The van der Waals surface area contributed by atoms with Gasteiger partial charge in [-0.3, -0.25) is 0 Å². The Kier molecular flexibility index (Phi) is 6.86. The first kappa shape index (κ1) is 20.3. The van der Waals surface area contributed by atoms with Crippen LogP contribution in [0.1, 0.15) is 11.1 Å². The number of ether oxygens (including phenoxy) is 2. The van der Waals surface area contributed by atoms with Crippen molar-refractivity contribution in [2.75, 3.05) is 20.3 Å². The molecule has 0 amide bonds. The van der Waals surface area contributed by atoms with E-state index >= 15 is 0 Å². The van der Waals surface area contributed by atoms with Crippen LogP contribution in [0.4, 0.5) is 11.4 Å². The topological polar surface area (TPSA) is 61.6 Å². The zero-order valence-electron chi connectivity index (χ0n) is 16.5. The molecule has 0 aromatic heterocycles. The number of fused-ring (bicyclic) bond motifs is 3. The van der Waals surface area contributed by atoms with Crippen LogP contribution in [0.2, 0.25) is 0 Å². The fraction of sp³-hybridized carbons (Fsp3) is 0.130. The van der Waals surface area contributed by atoms with Crippen molar-refractivity contribution in [1.29, 1.82) is 0 Å². The minimum atomic E-state index is -1.52. The van der Waals surface area contributed by atoms with Gasteiger partial charge in [0.05, 0.1) is 0 Å². The quantitative estimate of drug-likeness (QED) is 0.426. The van der Waals surface area contributed by atoms with Gasteiger partial charge in [-0.15, -0.1) is 0 Å². The predicted molar refractivity (Wildman–Crippen MR) is 118 cm³/mol. The molecule has 0 aliphatic carbocycles. The zero-order chi connectivity index (χ0) is 20.6. The molecule has 6 nitrogen and oxygen atoms in total. The Labute approximate surface area is 183 Å². The third kappa shape index (κ3) is 5.12. The standard InChI is InChI=1S/C23H22N2O4.Ga/c1-28-12-13-29-19-11-10-18(23(27)14-19)16-25-21-8-4-3-7-20(21)24-15-17-6-2-5-9-22(17)26;/h2-11,14-16,26-27H,12-13H2,1H3;/q;+2/p-2. The zero-order valence-corrected chi connectivity index (χ0v) is 18.9. The van der Waals surface area contributed by atoms with Crippen molar-refractivity contribution < 1.29 is 16.5 Å². The fourth-order valence-electron chi connectivity index (χ4n) is 2.84. The molecule has 1 radical (unpaired) electrons. The van der Waals surface area contributed by atoms with Gasteiger partial charge in [-0.05, 0) is 0 Å². The molecule has 7 heteroatoms. The van der Waals surface area contributed by atoms with Gasteiger partial charge in [0.15, 0.2) is 0 Å². The molecule has 1 aliphatic heterocycles. The molecule has 1 aliphatic rings. The first-order valence-corrected chi connectivity index (χ1v) is 11.5. The van der Waals surface area contributed by atoms with Crippen molar-refractivity contribution in [3.05, 3.63) is 77.9 Å². The average molecular weight is 458 g/mol. The van der Waals surface area contributed by atoms with Crippen LogP contribution in [-0.2, 0) is 4.74 Å². The van der Waals surface area contributed by atoms with E-state index in [0.717, 1.165) is 28.3 Å². The molecule has 1 heterocycles. The molecule has 0 atom stereocenters. The Morgan fingerprint density at radius 2 is 1.43 bits per heavy atom. The second-order valence-electron chi connectivity index (χ2n) is 6.42. The Balaban J connectivity index is 1.71. The molecule has 0 spiro atoms. The van der Waals surface area contributed by atoms with E-state index in [1.165, 1.54) is 0 Å². The summed E-state index contributed by atoms with van der Waals surface area (Å²) in [6.07, 6.45) is 3.58. The van der Waals surface area contributed by atoms with Gasteiger partial charge >= 0.3 is 184 Å². The van der Waals surface area contributed by atoms with Gasteiger partial charge in [-0.2, -0.15) is 0 Å². The Hall–Kier alpha value is -3.00. The maximum absolute atomic E-state index is 6.08. The Morgan fingerprint density at radius 3 is 2.20 bits per heavy atom. The maximum atomic E-state index is 6.08. The van der Waals surface area contributed by atoms with E-state index in [1.54, 1.807) is 19.5 Å². The van der Waals surface area contributed by atoms with Gasteiger partial charge in [0.25, 0.3) is 0 Å². The Bertz CT molecular complexity index is 1070. The third-order valence-corrected chi connectivity index (χ3v) is 5.85.